The van der Waals surface area contributed by atoms with Gasteiger partial charge in [-0.3, -0.25) is 9.59 Å². The number of nitrogens with zero attached hydrogens (tertiary/aromatic N) is 1. The first-order chi connectivity index (χ1) is 19.7. The van der Waals surface area contributed by atoms with Gasteiger partial charge in [-0.25, -0.2) is 22.9 Å². The number of nitrogens with one attached hydrogen (secondary N) is 2. The summed E-state index contributed by atoms with van der Waals surface area (Å²) in [6.45, 7) is 0.449. The summed E-state index contributed by atoms with van der Waals surface area (Å²) in [6.07, 6.45) is 1.70. The van der Waals surface area contributed by atoms with Gasteiger partial charge in [-0.15, -0.1) is 0 Å². The van der Waals surface area contributed by atoms with Crippen molar-refractivity contribution in [1.82, 2.24) is 15.0 Å². The predicted octanol–water partition coefficient (Wildman–Crippen LogP) is 3.54. The second-order valence-electron chi connectivity index (χ2n) is 8.81. The van der Waals surface area contributed by atoms with Gasteiger partial charge in [0.15, 0.2) is 0 Å². The molecule has 41 heavy (non-hydrogen) atoms. The second-order valence-corrected chi connectivity index (χ2v) is 10.5. The van der Waals surface area contributed by atoms with E-state index in [9.17, 15) is 22.8 Å². The summed E-state index contributed by atoms with van der Waals surface area (Å²) in [6, 6.07) is 24.3. The smallest absolute Gasteiger partial charge is 0.357 e. The summed E-state index contributed by atoms with van der Waals surface area (Å²) in [5.41, 5.74) is 2.00. The van der Waals surface area contributed by atoms with Gasteiger partial charge in [0.25, 0.3) is 21.8 Å². The summed E-state index contributed by atoms with van der Waals surface area (Å²) >= 11 is 0. The van der Waals surface area contributed by atoms with E-state index in [0.717, 1.165) is 23.1 Å². The molecule has 4 rings (SSSR count). The highest BCUT2D eigenvalue weighted by molar-refractivity contribution is 7.90. The number of hydrogen-bond acceptors (Lipinski definition) is 8. The molecule has 0 aliphatic carbocycles. The largest absolute Gasteiger partial charge is 0.497 e. The Morgan fingerprint density at radius 1 is 0.780 bits per heavy atom. The van der Waals surface area contributed by atoms with E-state index in [1.807, 2.05) is 59.3 Å². The Morgan fingerprint density at radius 3 is 2.10 bits per heavy atom. The van der Waals surface area contributed by atoms with Crippen molar-refractivity contribution in [3.63, 3.8) is 0 Å². The molecule has 10 nitrogen and oxygen atoms in total. The maximum absolute atomic E-state index is 12.7. The number of ether oxygens (including phenoxy) is 2. The van der Waals surface area contributed by atoms with Crippen LogP contribution in [-0.2, 0) is 27.8 Å². The Labute approximate surface area is 237 Å². The molecule has 0 spiro atoms. The van der Waals surface area contributed by atoms with E-state index in [0.29, 0.717) is 13.0 Å². The van der Waals surface area contributed by atoms with Gasteiger partial charge in [0.2, 0.25) is 0 Å². The average molecular weight is 574 g/mol. The average Bonchev–Trinajstić information content (AvgIpc) is 3.00. The topological polar surface area (TPSA) is 141 Å². The van der Waals surface area contributed by atoms with E-state index < -0.39 is 21.9 Å². The van der Waals surface area contributed by atoms with E-state index in [2.05, 4.69) is 10.3 Å². The van der Waals surface area contributed by atoms with Crippen molar-refractivity contribution in [2.24, 2.45) is 0 Å². The lowest BCUT2D eigenvalue weighted by molar-refractivity contribution is 0.0465. The number of carbonyl (C=O) groups excluding carboxylic acids is 3. The van der Waals surface area contributed by atoms with Gasteiger partial charge in [0.1, 0.15) is 18.1 Å². The van der Waals surface area contributed by atoms with Crippen LogP contribution in [0.15, 0.2) is 102 Å². The van der Waals surface area contributed by atoms with Gasteiger partial charge < -0.3 is 14.8 Å². The standard InChI is InChI=1S/C30H27N3O7S/c1-39-25-12-7-21(8-13-25)17-18-31-28(34)23-9-14-26(15-10-23)41(37,38)33-29(35)24-11-16-27(32-19-24)30(36)40-20-22-5-3-2-4-6-22/h2-16,19H,17-18,20H2,1H3,(H,31,34)(H,33,35). The van der Waals surface area contributed by atoms with Crippen LogP contribution in [0.5, 0.6) is 5.75 Å². The van der Waals surface area contributed by atoms with Crippen LogP contribution in [0.2, 0.25) is 0 Å². The molecule has 2 amide bonds. The maximum atomic E-state index is 12.7. The lowest BCUT2D eigenvalue weighted by Crippen LogP contribution is -2.31. The Kier molecular flexibility index (Phi) is 9.43. The minimum absolute atomic E-state index is 0.0294. The highest BCUT2D eigenvalue weighted by atomic mass is 32.2. The quantitative estimate of drug-likeness (QED) is 0.260. The minimum atomic E-state index is -4.24. The van der Waals surface area contributed by atoms with Crippen LogP contribution in [0.1, 0.15) is 42.3 Å². The highest BCUT2D eigenvalue weighted by Crippen LogP contribution is 2.14. The molecule has 0 atom stereocenters. The summed E-state index contributed by atoms with van der Waals surface area (Å²) in [7, 11) is -2.65. The molecule has 0 unspecified atom stereocenters. The third kappa shape index (κ3) is 7.99. The zero-order chi connectivity index (χ0) is 29.2. The molecule has 11 heteroatoms. The van der Waals surface area contributed by atoms with Crippen LogP contribution in [-0.4, -0.2) is 44.8 Å². The van der Waals surface area contributed by atoms with Crippen LogP contribution in [0.4, 0.5) is 0 Å². The van der Waals surface area contributed by atoms with Crippen molar-refractivity contribution in [1.29, 1.82) is 0 Å². The maximum Gasteiger partial charge on any atom is 0.357 e. The Hall–Kier alpha value is -5.03. The lowest BCUT2D eigenvalue weighted by Gasteiger charge is -2.09. The normalized spacial score (nSPS) is 10.9. The van der Waals surface area contributed by atoms with Crippen molar-refractivity contribution >= 4 is 27.8 Å². The van der Waals surface area contributed by atoms with Gasteiger partial charge >= 0.3 is 5.97 Å². The fourth-order valence-electron chi connectivity index (χ4n) is 3.69. The number of rotatable bonds is 11. The van der Waals surface area contributed by atoms with Crippen LogP contribution in [0, 0.1) is 0 Å². The zero-order valence-electron chi connectivity index (χ0n) is 22.1. The van der Waals surface area contributed by atoms with Gasteiger partial charge in [-0.1, -0.05) is 42.5 Å². The van der Waals surface area contributed by atoms with Crippen LogP contribution in [0.25, 0.3) is 0 Å². The molecule has 0 aliphatic heterocycles. The molecular weight excluding hydrogens is 546 g/mol. The van der Waals surface area contributed by atoms with E-state index in [-0.39, 0.29) is 34.2 Å². The Morgan fingerprint density at radius 2 is 1.46 bits per heavy atom. The van der Waals surface area contributed by atoms with Crippen LogP contribution >= 0.6 is 0 Å². The zero-order valence-corrected chi connectivity index (χ0v) is 22.9. The van der Waals surface area contributed by atoms with E-state index >= 15 is 0 Å². The van der Waals surface area contributed by atoms with Gasteiger partial charge in [-0.2, -0.15) is 0 Å². The SMILES string of the molecule is COc1ccc(CCNC(=O)c2ccc(S(=O)(=O)NC(=O)c3ccc(C(=O)OCc4ccccc4)nc3)cc2)cc1. The summed E-state index contributed by atoms with van der Waals surface area (Å²) in [5.74, 6) is -1.23. The van der Waals surface area contributed by atoms with Crippen molar-refractivity contribution in [2.45, 2.75) is 17.9 Å². The summed E-state index contributed by atoms with van der Waals surface area (Å²) in [5, 5.41) is 2.79. The van der Waals surface area contributed by atoms with Gasteiger partial charge in [0.05, 0.1) is 17.6 Å². The highest BCUT2D eigenvalue weighted by Gasteiger charge is 2.20. The first kappa shape index (κ1) is 29.0. The minimum Gasteiger partial charge on any atom is -0.497 e. The first-order valence-corrected chi connectivity index (χ1v) is 14.0. The third-order valence-electron chi connectivity index (χ3n) is 5.96. The number of esters is 1. The Bertz CT molecular complexity index is 1610. The molecule has 210 valence electrons. The fourth-order valence-corrected chi connectivity index (χ4v) is 4.66. The molecular formula is C30H27N3O7S. The fraction of sp³-hybridized carbons (Fsp3) is 0.133. The van der Waals surface area contributed by atoms with E-state index in [1.54, 1.807) is 7.11 Å². The third-order valence-corrected chi connectivity index (χ3v) is 7.31. The number of pyridine rings is 1. The van der Waals surface area contributed by atoms with Crippen LogP contribution < -0.4 is 14.8 Å². The molecule has 1 heterocycles. The molecule has 0 saturated heterocycles. The number of amides is 2. The summed E-state index contributed by atoms with van der Waals surface area (Å²) < 4.78 is 37.7. The number of sulfonamides is 1. The number of benzene rings is 3. The molecule has 0 saturated carbocycles. The number of aromatic nitrogens is 1. The van der Waals surface area contributed by atoms with E-state index in [4.69, 9.17) is 9.47 Å². The molecule has 3 aromatic carbocycles. The number of methoxy groups -OCH3 is 1. The molecule has 0 aliphatic rings. The van der Waals surface area contributed by atoms with Crippen molar-refractivity contribution < 1.29 is 32.3 Å². The predicted molar refractivity (Wildman–Crippen MR) is 150 cm³/mol. The van der Waals surface area contributed by atoms with Gasteiger partial charge in [-0.05, 0) is 66.1 Å². The van der Waals surface area contributed by atoms with Crippen molar-refractivity contribution in [2.75, 3.05) is 13.7 Å². The lowest BCUT2D eigenvalue weighted by atomic mass is 10.1. The van der Waals surface area contributed by atoms with Gasteiger partial charge in [0, 0.05) is 18.3 Å². The van der Waals surface area contributed by atoms with Crippen LogP contribution in [0.3, 0.4) is 0 Å². The summed E-state index contributed by atoms with van der Waals surface area (Å²) in [4.78, 5) is 40.9. The monoisotopic (exact) mass is 573 g/mol. The first-order valence-electron chi connectivity index (χ1n) is 12.5. The molecule has 4 aromatic rings. The molecule has 1 aromatic heterocycles. The second kappa shape index (κ2) is 13.4. The molecule has 0 bridgehead atoms. The van der Waals surface area contributed by atoms with Crippen molar-refractivity contribution in [3.8, 4) is 5.75 Å². The molecule has 0 fully saturated rings. The molecule has 0 radical (unpaired) electrons. The van der Waals surface area contributed by atoms with E-state index in [1.165, 1.54) is 36.4 Å². The molecule has 2 N–H and O–H groups in total. The Balaban J connectivity index is 1.29. The number of carbonyl (C=O) groups is 3. The number of hydrogen-bond donors (Lipinski definition) is 2. The van der Waals surface area contributed by atoms with Crippen molar-refractivity contribution in [3.05, 3.63) is 125 Å².